The van der Waals surface area contributed by atoms with Crippen molar-refractivity contribution < 1.29 is 13.2 Å². The van der Waals surface area contributed by atoms with Crippen LogP contribution < -0.4 is 5.32 Å². The van der Waals surface area contributed by atoms with Gasteiger partial charge < -0.3 is 10.3 Å². The van der Waals surface area contributed by atoms with Crippen molar-refractivity contribution >= 4 is 38.4 Å². The highest BCUT2D eigenvalue weighted by atomic mass is 35.5. The third-order valence-corrected chi connectivity index (χ3v) is 7.16. The van der Waals surface area contributed by atoms with Gasteiger partial charge in [-0.05, 0) is 42.7 Å². The Morgan fingerprint density at radius 1 is 1.11 bits per heavy atom. The van der Waals surface area contributed by atoms with Gasteiger partial charge in [0.25, 0.3) is 5.91 Å². The second-order valence-electron chi connectivity index (χ2n) is 6.82. The molecule has 2 aromatic carbocycles. The van der Waals surface area contributed by atoms with E-state index in [-0.39, 0.29) is 10.8 Å². The predicted octanol–water partition coefficient (Wildman–Crippen LogP) is 3.54. The van der Waals surface area contributed by atoms with Gasteiger partial charge in [-0.15, -0.1) is 0 Å². The quantitative estimate of drug-likeness (QED) is 0.666. The summed E-state index contributed by atoms with van der Waals surface area (Å²) in [6.07, 6.45) is 1.81. The van der Waals surface area contributed by atoms with Crippen molar-refractivity contribution in [2.24, 2.45) is 0 Å². The monoisotopic (exact) mass is 417 g/mol. The van der Waals surface area contributed by atoms with Crippen LogP contribution in [0.5, 0.6) is 0 Å². The van der Waals surface area contributed by atoms with Crippen molar-refractivity contribution in [1.82, 2.24) is 14.6 Å². The average molecular weight is 418 g/mol. The van der Waals surface area contributed by atoms with E-state index in [1.165, 1.54) is 4.31 Å². The Labute approximate surface area is 168 Å². The number of hydrogen-bond donors (Lipinski definition) is 2. The number of carbonyl (C=O) groups is 1. The van der Waals surface area contributed by atoms with E-state index in [4.69, 9.17) is 11.6 Å². The lowest BCUT2D eigenvalue weighted by molar-refractivity contribution is 0.0946. The van der Waals surface area contributed by atoms with Crippen molar-refractivity contribution in [3.8, 4) is 0 Å². The largest absolute Gasteiger partial charge is 0.349 e. The van der Waals surface area contributed by atoms with Crippen LogP contribution in [-0.2, 0) is 16.6 Å². The molecule has 2 N–H and O–H groups in total. The third-order valence-electron chi connectivity index (χ3n) is 4.93. The number of hydrogen-bond acceptors (Lipinski definition) is 3. The van der Waals surface area contributed by atoms with Crippen LogP contribution in [0.3, 0.4) is 0 Å². The van der Waals surface area contributed by atoms with Gasteiger partial charge in [0.2, 0.25) is 10.0 Å². The van der Waals surface area contributed by atoms with Crippen LogP contribution in [0.1, 0.15) is 28.9 Å². The summed E-state index contributed by atoms with van der Waals surface area (Å²) in [4.78, 5) is 15.7. The summed E-state index contributed by atoms with van der Waals surface area (Å²) in [7, 11) is -3.42. The first kappa shape index (κ1) is 19.0. The molecule has 8 heteroatoms. The number of aromatic amines is 1. The molecule has 6 nitrogen and oxygen atoms in total. The van der Waals surface area contributed by atoms with Crippen LogP contribution in [0, 0.1) is 0 Å². The molecule has 0 aliphatic carbocycles. The van der Waals surface area contributed by atoms with Crippen molar-refractivity contribution in [1.29, 1.82) is 0 Å². The number of benzene rings is 2. The highest BCUT2D eigenvalue weighted by Gasteiger charge is 2.26. The van der Waals surface area contributed by atoms with Crippen LogP contribution in [-0.4, -0.2) is 36.7 Å². The molecule has 0 spiro atoms. The minimum atomic E-state index is -3.42. The number of H-pyrrole nitrogens is 1. The fourth-order valence-electron chi connectivity index (χ4n) is 3.38. The van der Waals surface area contributed by atoms with Gasteiger partial charge >= 0.3 is 0 Å². The number of halogens is 1. The van der Waals surface area contributed by atoms with Gasteiger partial charge in [0.1, 0.15) is 5.69 Å². The Kier molecular flexibility index (Phi) is 5.14. The minimum absolute atomic E-state index is 0.249. The maximum Gasteiger partial charge on any atom is 0.267 e. The summed E-state index contributed by atoms with van der Waals surface area (Å²) in [5.41, 5.74) is 1.98. The molecular formula is C20H20ClN3O3S. The molecule has 28 heavy (non-hydrogen) atoms. The molecule has 1 fully saturated rings. The number of rotatable bonds is 5. The van der Waals surface area contributed by atoms with Gasteiger partial charge in [0.15, 0.2) is 0 Å². The van der Waals surface area contributed by atoms with Gasteiger partial charge in [-0.25, -0.2) is 8.42 Å². The first-order chi connectivity index (χ1) is 13.4. The Bertz CT molecular complexity index is 1120. The summed E-state index contributed by atoms with van der Waals surface area (Å²) in [5, 5.41) is 4.27. The number of amides is 1. The molecular weight excluding hydrogens is 398 g/mol. The summed E-state index contributed by atoms with van der Waals surface area (Å²) >= 11 is 6.13. The predicted molar refractivity (Wildman–Crippen MR) is 109 cm³/mol. The Hall–Kier alpha value is -2.35. The van der Waals surface area contributed by atoms with Crippen LogP contribution in [0.4, 0.5) is 0 Å². The van der Waals surface area contributed by atoms with E-state index >= 15 is 0 Å². The third kappa shape index (κ3) is 3.65. The van der Waals surface area contributed by atoms with Gasteiger partial charge in [0, 0.05) is 25.0 Å². The maximum atomic E-state index is 12.6. The van der Waals surface area contributed by atoms with Gasteiger partial charge in [-0.2, -0.15) is 4.31 Å². The normalized spacial score (nSPS) is 15.2. The van der Waals surface area contributed by atoms with E-state index in [0.29, 0.717) is 30.4 Å². The SMILES string of the molecule is O=C(NCc1ccc(S(=O)(=O)N2CCCC2)cc1)c1cc2cccc(Cl)c2[nH]1. The number of carbonyl (C=O) groups excluding carboxylic acids is 1. The van der Waals surface area contributed by atoms with E-state index in [1.807, 2.05) is 12.1 Å². The zero-order chi connectivity index (χ0) is 19.7. The molecule has 1 amide bonds. The molecule has 4 rings (SSSR count). The van der Waals surface area contributed by atoms with Crippen molar-refractivity contribution in [3.05, 3.63) is 64.8 Å². The molecule has 1 aliphatic rings. The zero-order valence-electron chi connectivity index (χ0n) is 15.1. The second-order valence-corrected chi connectivity index (χ2v) is 9.17. The second kappa shape index (κ2) is 7.58. The van der Waals surface area contributed by atoms with E-state index in [1.54, 1.807) is 36.4 Å². The highest BCUT2D eigenvalue weighted by Crippen LogP contribution is 2.24. The van der Waals surface area contributed by atoms with Gasteiger partial charge in [-0.3, -0.25) is 4.79 Å². The number of fused-ring (bicyclic) bond motifs is 1. The zero-order valence-corrected chi connectivity index (χ0v) is 16.7. The van der Waals surface area contributed by atoms with Gasteiger partial charge in [-0.1, -0.05) is 35.9 Å². The Morgan fingerprint density at radius 2 is 1.82 bits per heavy atom. The number of nitrogens with one attached hydrogen (secondary N) is 2. The van der Waals surface area contributed by atoms with Crippen molar-refractivity contribution in [2.75, 3.05) is 13.1 Å². The van der Waals surface area contributed by atoms with Crippen LogP contribution >= 0.6 is 11.6 Å². The standard InChI is InChI=1S/C20H20ClN3O3S/c21-17-5-3-4-15-12-18(23-19(15)17)20(25)22-13-14-6-8-16(9-7-14)28(26,27)24-10-1-2-11-24/h3-9,12,23H,1-2,10-11,13H2,(H,22,25). The molecule has 1 aromatic heterocycles. The van der Waals surface area contributed by atoms with Crippen LogP contribution in [0.2, 0.25) is 5.02 Å². The first-order valence-electron chi connectivity index (χ1n) is 9.10. The fraction of sp³-hybridized carbons (Fsp3) is 0.250. The van der Waals surface area contributed by atoms with E-state index in [0.717, 1.165) is 29.3 Å². The number of aromatic nitrogens is 1. The van der Waals surface area contributed by atoms with Crippen LogP contribution in [0.15, 0.2) is 53.4 Å². The molecule has 0 atom stereocenters. The minimum Gasteiger partial charge on any atom is -0.349 e. The van der Waals surface area contributed by atoms with E-state index < -0.39 is 10.0 Å². The molecule has 0 radical (unpaired) electrons. The molecule has 0 saturated carbocycles. The van der Waals surface area contributed by atoms with E-state index in [9.17, 15) is 13.2 Å². The lowest BCUT2D eigenvalue weighted by Gasteiger charge is -2.15. The molecule has 0 unspecified atom stereocenters. The van der Waals surface area contributed by atoms with Crippen molar-refractivity contribution in [3.63, 3.8) is 0 Å². The maximum absolute atomic E-state index is 12.6. The summed E-state index contributed by atoms with van der Waals surface area (Å²) in [6, 6.07) is 13.9. The molecule has 1 aliphatic heterocycles. The van der Waals surface area contributed by atoms with Crippen LogP contribution in [0.25, 0.3) is 10.9 Å². The molecule has 3 aromatic rings. The number of nitrogens with zero attached hydrogens (tertiary/aromatic N) is 1. The first-order valence-corrected chi connectivity index (χ1v) is 10.9. The lowest BCUT2D eigenvalue weighted by Crippen LogP contribution is -2.28. The molecule has 2 heterocycles. The topological polar surface area (TPSA) is 82.3 Å². The Morgan fingerprint density at radius 3 is 2.50 bits per heavy atom. The summed E-state index contributed by atoms with van der Waals surface area (Å²) in [6.45, 7) is 1.45. The smallest absolute Gasteiger partial charge is 0.267 e. The number of sulfonamides is 1. The summed E-state index contributed by atoms with van der Waals surface area (Å²) < 4.78 is 26.6. The molecule has 1 saturated heterocycles. The molecule has 0 bridgehead atoms. The fourth-order valence-corrected chi connectivity index (χ4v) is 5.12. The van der Waals surface area contributed by atoms with Gasteiger partial charge in [0.05, 0.1) is 15.4 Å². The average Bonchev–Trinajstić information content (AvgIpc) is 3.37. The van der Waals surface area contributed by atoms with Crippen molar-refractivity contribution in [2.45, 2.75) is 24.3 Å². The van der Waals surface area contributed by atoms with E-state index in [2.05, 4.69) is 10.3 Å². The highest BCUT2D eigenvalue weighted by molar-refractivity contribution is 7.89. The lowest BCUT2D eigenvalue weighted by atomic mass is 10.2. The Balaban J connectivity index is 1.43. The molecule has 146 valence electrons. The summed E-state index contributed by atoms with van der Waals surface area (Å²) in [5.74, 6) is -0.249. The number of para-hydroxylation sites is 1.